The average molecular weight is 348 g/mol. The molecule has 0 unspecified atom stereocenters. The monoisotopic (exact) mass is 348 g/mol. The fourth-order valence-corrected chi connectivity index (χ4v) is 3.36. The molecule has 0 radical (unpaired) electrons. The van der Waals surface area contributed by atoms with Crippen LogP contribution in [-0.2, 0) is 17.4 Å². The van der Waals surface area contributed by atoms with Crippen LogP contribution in [0.3, 0.4) is 0 Å². The molecule has 0 fully saturated rings. The smallest absolute Gasteiger partial charge is 0.324 e. The highest BCUT2D eigenvalue weighted by molar-refractivity contribution is 5.93. The van der Waals surface area contributed by atoms with E-state index in [4.69, 9.17) is 0 Å². The number of benzene rings is 2. The Bertz CT molecular complexity index is 773. The first kappa shape index (κ1) is 17.5. The number of hydrogen-bond donors (Lipinski definition) is 1. The van der Waals surface area contributed by atoms with Crippen LogP contribution >= 0.6 is 0 Å². The van der Waals surface area contributed by atoms with Gasteiger partial charge in [0.05, 0.1) is 17.8 Å². The highest BCUT2D eigenvalue weighted by Gasteiger charge is 2.34. The van der Waals surface area contributed by atoms with E-state index < -0.39 is 17.6 Å². The lowest BCUT2D eigenvalue weighted by molar-refractivity contribution is -0.137. The topological polar surface area (TPSA) is 32.3 Å². The summed E-state index contributed by atoms with van der Waals surface area (Å²) in [6, 6.07) is 13.2. The van der Waals surface area contributed by atoms with Crippen molar-refractivity contribution in [1.29, 1.82) is 0 Å². The molecule has 132 valence electrons. The van der Waals surface area contributed by atoms with E-state index in [0.29, 0.717) is 0 Å². The van der Waals surface area contributed by atoms with Crippen molar-refractivity contribution in [2.75, 3.05) is 18.9 Å². The summed E-state index contributed by atoms with van der Waals surface area (Å²) >= 11 is 0. The van der Waals surface area contributed by atoms with Crippen LogP contribution in [0.2, 0.25) is 0 Å². The fraction of sp³-hybridized carbons (Fsp3) is 0.316. The molecule has 0 bridgehead atoms. The van der Waals surface area contributed by atoms with Crippen LogP contribution in [0.4, 0.5) is 18.9 Å². The van der Waals surface area contributed by atoms with Gasteiger partial charge in [0, 0.05) is 6.04 Å². The van der Waals surface area contributed by atoms with Crippen molar-refractivity contribution >= 4 is 11.6 Å². The molecular formula is C19H19F3N2O. The van der Waals surface area contributed by atoms with E-state index >= 15 is 0 Å². The molecular weight excluding hydrogens is 329 g/mol. The number of carbonyl (C=O) groups is 1. The maximum atomic E-state index is 13.0. The number of anilines is 1. The third-order valence-electron chi connectivity index (χ3n) is 4.53. The van der Waals surface area contributed by atoms with Gasteiger partial charge in [-0.15, -0.1) is 0 Å². The van der Waals surface area contributed by atoms with Crippen LogP contribution in [-0.4, -0.2) is 24.4 Å². The molecule has 1 aliphatic carbocycles. The van der Waals surface area contributed by atoms with Gasteiger partial charge in [0.15, 0.2) is 0 Å². The molecule has 0 saturated carbocycles. The van der Waals surface area contributed by atoms with Gasteiger partial charge in [-0.05, 0) is 43.1 Å². The third kappa shape index (κ3) is 3.85. The van der Waals surface area contributed by atoms with E-state index in [1.165, 1.54) is 29.3 Å². The summed E-state index contributed by atoms with van der Waals surface area (Å²) in [6.45, 7) is 0.0329. The number of nitrogens with zero attached hydrogens (tertiary/aromatic N) is 1. The van der Waals surface area contributed by atoms with Crippen LogP contribution < -0.4 is 5.32 Å². The third-order valence-corrected chi connectivity index (χ3v) is 4.53. The number of fused-ring (bicyclic) bond motifs is 1. The first-order valence-corrected chi connectivity index (χ1v) is 8.10. The number of para-hydroxylation sites is 1. The van der Waals surface area contributed by atoms with Crippen molar-refractivity contribution in [3.63, 3.8) is 0 Å². The Morgan fingerprint density at radius 3 is 2.60 bits per heavy atom. The Labute approximate surface area is 144 Å². The van der Waals surface area contributed by atoms with Crippen LogP contribution in [0, 0.1) is 0 Å². The summed E-state index contributed by atoms with van der Waals surface area (Å²) < 4.78 is 39.0. The van der Waals surface area contributed by atoms with Gasteiger partial charge in [0.1, 0.15) is 0 Å². The number of halogens is 3. The zero-order valence-corrected chi connectivity index (χ0v) is 13.8. The highest BCUT2D eigenvalue weighted by Crippen LogP contribution is 2.36. The predicted octanol–water partition coefficient (Wildman–Crippen LogP) is 4.26. The number of hydrogen-bond acceptors (Lipinski definition) is 2. The zero-order valence-electron chi connectivity index (χ0n) is 13.8. The number of alkyl halides is 3. The van der Waals surface area contributed by atoms with Crippen molar-refractivity contribution in [2.24, 2.45) is 0 Å². The molecule has 1 atom stereocenters. The maximum absolute atomic E-state index is 13.0. The highest BCUT2D eigenvalue weighted by atomic mass is 19.4. The molecule has 0 heterocycles. The summed E-state index contributed by atoms with van der Waals surface area (Å²) in [5, 5.41) is 2.39. The van der Waals surface area contributed by atoms with Crippen molar-refractivity contribution in [3.05, 3.63) is 65.2 Å². The maximum Gasteiger partial charge on any atom is 0.418 e. The predicted molar refractivity (Wildman–Crippen MR) is 90.2 cm³/mol. The lowest BCUT2D eigenvalue weighted by Crippen LogP contribution is -2.33. The van der Waals surface area contributed by atoms with E-state index in [1.807, 2.05) is 30.1 Å². The van der Waals surface area contributed by atoms with Crippen LogP contribution in [0.1, 0.15) is 29.2 Å². The van der Waals surface area contributed by atoms with Gasteiger partial charge in [0.25, 0.3) is 0 Å². The molecule has 0 spiro atoms. The Kier molecular flexibility index (Phi) is 4.81. The molecule has 3 rings (SSSR count). The van der Waals surface area contributed by atoms with Crippen LogP contribution in [0.5, 0.6) is 0 Å². The Morgan fingerprint density at radius 2 is 1.84 bits per heavy atom. The normalized spacial score (nSPS) is 16.8. The van der Waals surface area contributed by atoms with Crippen molar-refractivity contribution in [3.8, 4) is 0 Å². The molecule has 25 heavy (non-hydrogen) atoms. The molecule has 3 nitrogen and oxygen atoms in total. The Morgan fingerprint density at radius 1 is 1.16 bits per heavy atom. The second-order valence-electron chi connectivity index (χ2n) is 6.26. The standard InChI is InChI=1S/C19H19F3N2O/c1-24(17-11-10-13-6-2-3-7-14(13)17)12-18(25)23-16-9-5-4-8-15(16)19(20,21)22/h2-9,17H,10-12H2,1H3,(H,23,25)/t17-/m1/s1. The van der Waals surface area contributed by atoms with Gasteiger partial charge >= 0.3 is 6.18 Å². The number of rotatable bonds is 4. The first-order valence-electron chi connectivity index (χ1n) is 8.10. The number of amides is 1. The summed E-state index contributed by atoms with van der Waals surface area (Å²) in [4.78, 5) is 14.1. The van der Waals surface area contributed by atoms with Gasteiger partial charge in [-0.25, -0.2) is 0 Å². The molecule has 0 aliphatic heterocycles. The minimum Gasteiger partial charge on any atom is -0.324 e. The molecule has 1 N–H and O–H groups in total. The quantitative estimate of drug-likeness (QED) is 0.895. The van der Waals surface area contributed by atoms with Crippen molar-refractivity contribution in [2.45, 2.75) is 25.1 Å². The van der Waals surface area contributed by atoms with Crippen LogP contribution in [0.15, 0.2) is 48.5 Å². The second kappa shape index (κ2) is 6.88. The first-order chi connectivity index (χ1) is 11.9. The summed E-state index contributed by atoms with van der Waals surface area (Å²) in [6.07, 6.45) is -2.65. The SMILES string of the molecule is CN(CC(=O)Nc1ccccc1C(F)(F)F)[C@@H]1CCc2ccccc21. The summed E-state index contributed by atoms with van der Waals surface area (Å²) in [5.41, 5.74) is 1.41. The van der Waals surface area contributed by atoms with E-state index in [1.54, 1.807) is 0 Å². The van der Waals surface area contributed by atoms with Gasteiger partial charge in [0.2, 0.25) is 5.91 Å². The molecule has 2 aromatic carbocycles. The molecule has 2 aromatic rings. The summed E-state index contributed by atoms with van der Waals surface area (Å²) in [7, 11) is 1.82. The van der Waals surface area contributed by atoms with Crippen molar-refractivity contribution in [1.82, 2.24) is 4.90 Å². The number of likely N-dealkylation sites (N-methyl/N-ethyl adjacent to an activating group) is 1. The molecule has 1 amide bonds. The summed E-state index contributed by atoms with van der Waals surface area (Å²) in [5.74, 6) is -0.455. The number of carbonyl (C=O) groups excluding carboxylic acids is 1. The molecule has 6 heteroatoms. The van der Waals surface area contributed by atoms with Crippen LogP contribution in [0.25, 0.3) is 0 Å². The van der Waals surface area contributed by atoms with E-state index in [9.17, 15) is 18.0 Å². The Balaban J connectivity index is 1.68. The average Bonchev–Trinajstić information content (AvgIpc) is 2.98. The van der Waals surface area contributed by atoms with E-state index in [-0.39, 0.29) is 18.3 Å². The van der Waals surface area contributed by atoms with Crippen molar-refractivity contribution < 1.29 is 18.0 Å². The van der Waals surface area contributed by atoms with Gasteiger partial charge in [-0.1, -0.05) is 36.4 Å². The minimum absolute atomic E-state index is 0.0329. The second-order valence-corrected chi connectivity index (χ2v) is 6.26. The Hall–Kier alpha value is -2.34. The van der Waals surface area contributed by atoms with E-state index in [0.717, 1.165) is 18.9 Å². The minimum atomic E-state index is -4.50. The number of aryl methyl sites for hydroxylation is 1. The number of nitrogens with one attached hydrogen (secondary N) is 1. The van der Waals surface area contributed by atoms with E-state index in [2.05, 4.69) is 11.4 Å². The lowest BCUT2D eigenvalue weighted by Gasteiger charge is -2.25. The van der Waals surface area contributed by atoms with Gasteiger partial charge in [-0.3, -0.25) is 9.69 Å². The molecule has 0 aromatic heterocycles. The lowest BCUT2D eigenvalue weighted by atomic mass is 10.1. The van der Waals surface area contributed by atoms with Gasteiger partial charge in [-0.2, -0.15) is 13.2 Å². The van der Waals surface area contributed by atoms with Gasteiger partial charge < -0.3 is 5.32 Å². The largest absolute Gasteiger partial charge is 0.418 e. The molecule has 0 saturated heterocycles. The molecule has 1 aliphatic rings. The zero-order chi connectivity index (χ0) is 18.0. The fourth-order valence-electron chi connectivity index (χ4n) is 3.36.